The Hall–Kier alpha value is -3.85. The number of rotatable bonds is 4. The molecule has 0 bridgehead atoms. The molecule has 0 fully saturated rings. The summed E-state index contributed by atoms with van der Waals surface area (Å²) in [6.45, 7) is 5.86. The van der Waals surface area contributed by atoms with E-state index in [0.29, 0.717) is 5.69 Å². The molecule has 0 atom stereocenters. The van der Waals surface area contributed by atoms with Gasteiger partial charge in [0.05, 0.1) is 0 Å². The van der Waals surface area contributed by atoms with E-state index in [-0.39, 0.29) is 11.3 Å². The summed E-state index contributed by atoms with van der Waals surface area (Å²) in [6.07, 6.45) is 3.37. The summed E-state index contributed by atoms with van der Waals surface area (Å²) in [5.74, 6) is 0.380. The number of nitrogens with zero attached hydrogens (tertiary/aromatic N) is 3. The number of carbonyl (C=O) groups excluding carboxylic acids is 1. The first-order valence-electron chi connectivity index (χ1n) is 8.73. The minimum Gasteiger partial charge on any atom is -0.508 e. The third-order valence-corrected chi connectivity index (χ3v) is 4.39. The molecule has 0 aliphatic carbocycles. The number of phenols is 1. The molecule has 1 aromatic carbocycles. The molecule has 0 radical (unpaired) electrons. The highest BCUT2D eigenvalue weighted by molar-refractivity contribution is 6.09. The fourth-order valence-corrected chi connectivity index (χ4v) is 2.93. The van der Waals surface area contributed by atoms with Crippen LogP contribution in [-0.4, -0.2) is 20.6 Å². The molecule has 0 spiro atoms. The Morgan fingerprint density at radius 1 is 1.18 bits per heavy atom. The highest BCUT2D eigenvalue weighted by Crippen LogP contribution is 2.22. The van der Waals surface area contributed by atoms with Gasteiger partial charge in [0.15, 0.2) is 0 Å². The number of aryl methyl sites for hydroxylation is 2. The van der Waals surface area contributed by atoms with Crippen molar-refractivity contribution in [1.29, 1.82) is 5.26 Å². The van der Waals surface area contributed by atoms with E-state index in [1.54, 1.807) is 24.4 Å². The van der Waals surface area contributed by atoms with E-state index in [1.165, 1.54) is 12.1 Å². The lowest BCUT2D eigenvalue weighted by molar-refractivity contribution is -0.112. The van der Waals surface area contributed by atoms with E-state index in [0.717, 1.165) is 28.3 Å². The molecule has 2 aromatic heterocycles. The quantitative estimate of drug-likeness (QED) is 0.411. The highest BCUT2D eigenvalue weighted by Gasteiger charge is 2.14. The minimum atomic E-state index is -0.508. The van der Waals surface area contributed by atoms with Crippen molar-refractivity contribution in [3.8, 4) is 17.6 Å². The maximum Gasteiger partial charge on any atom is 0.266 e. The molecule has 0 aliphatic rings. The first-order valence-corrected chi connectivity index (χ1v) is 8.73. The van der Waals surface area contributed by atoms with Crippen molar-refractivity contribution < 1.29 is 9.90 Å². The Balaban J connectivity index is 1.91. The molecule has 6 nitrogen and oxygen atoms in total. The number of anilines is 1. The van der Waals surface area contributed by atoms with Crippen LogP contribution in [0.15, 0.2) is 54.2 Å². The van der Waals surface area contributed by atoms with E-state index in [4.69, 9.17) is 0 Å². The molecule has 0 unspecified atom stereocenters. The van der Waals surface area contributed by atoms with Crippen LogP contribution in [0.2, 0.25) is 0 Å². The molecule has 28 heavy (non-hydrogen) atoms. The zero-order valence-corrected chi connectivity index (χ0v) is 15.9. The first-order chi connectivity index (χ1) is 13.4. The standard InChI is InChI=1S/C22H20N4O2/c1-14-4-9-21(24-13-14)26-15(2)10-17(16(26)3)11-18(12-23)22(28)25-19-5-7-20(27)8-6-19/h4-11,13,27H,1-3H3,(H,25,28)/b18-11-. The zero-order chi connectivity index (χ0) is 20.3. The predicted molar refractivity (Wildman–Crippen MR) is 108 cm³/mol. The zero-order valence-electron chi connectivity index (χ0n) is 15.9. The number of carbonyl (C=O) groups is 1. The van der Waals surface area contributed by atoms with Crippen molar-refractivity contribution >= 4 is 17.7 Å². The van der Waals surface area contributed by atoms with Crippen LogP contribution in [-0.2, 0) is 4.79 Å². The smallest absolute Gasteiger partial charge is 0.266 e. The van der Waals surface area contributed by atoms with Gasteiger partial charge in [-0.05, 0) is 74.4 Å². The average molecular weight is 372 g/mol. The lowest BCUT2D eigenvalue weighted by atomic mass is 10.1. The lowest BCUT2D eigenvalue weighted by Crippen LogP contribution is -2.13. The molecule has 140 valence electrons. The van der Waals surface area contributed by atoms with Crippen LogP contribution >= 0.6 is 0 Å². The highest BCUT2D eigenvalue weighted by atomic mass is 16.3. The van der Waals surface area contributed by atoms with Gasteiger partial charge in [-0.1, -0.05) is 6.07 Å². The molecule has 3 aromatic rings. The van der Waals surface area contributed by atoms with E-state index in [9.17, 15) is 15.2 Å². The second kappa shape index (κ2) is 7.80. The van der Waals surface area contributed by atoms with Crippen molar-refractivity contribution in [2.24, 2.45) is 0 Å². The largest absolute Gasteiger partial charge is 0.508 e. The normalized spacial score (nSPS) is 11.1. The number of nitriles is 1. The van der Waals surface area contributed by atoms with Crippen LogP contribution < -0.4 is 5.32 Å². The Kier molecular flexibility index (Phi) is 5.28. The number of pyridine rings is 1. The number of benzene rings is 1. The molecule has 0 saturated carbocycles. The van der Waals surface area contributed by atoms with Crippen LogP contribution in [0, 0.1) is 32.1 Å². The van der Waals surface area contributed by atoms with Gasteiger partial charge >= 0.3 is 0 Å². The Bertz CT molecular complexity index is 1090. The van der Waals surface area contributed by atoms with Gasteiger partial charge in [0.25, 0.3) is 5.91 Å². The fraction of sp³-hybridized carbons (Fsp3) is 0.136. The predicted octanol–water partition coefficient (Wildman–Crippen LogP) is 4.05. The Morgan fingerprint density at radius 3 is 2.50 bits per heavy atom. The summed E-state index contributed by atoms with van der Waals surface area (Å²) < 4.78 is 1.98. The van der Waals surface area contributed by atoms with Gasteiger partial charge in [-0.25, -0.2) is 4.98 Å². The average Bonchev–Trinajstić information content (AvgIpc) is 2.95. The molecule has 2 N–H and O–H groups in total. The SMILES string of the molecule is Cc1ccc(-n2c(C)cc(/C=C(/C#N)C(=O)Nc3ccc(O)cc3)c2C)nc1. The number of aromatic nitrogens is 2. The maximum absolute atomic E-state index is 12.5. The molecule has 3 rings (SSSR count). The van der Waals surface area contributed by atoms with Crippen molar-refractivity contribution in [3.05, 3.63) is 76.7 Å². The summed E-state index contributed by atoms with van der Waals surface area (Å²) in [5, 5.41) is 21.4. The number of amides is 1. The number of hydrogen-bond donors (Lipinski definition) is 2. The number of hydrogen-bond acceptors (Lipinski definition) is 4. The summed E-state index contributed by atoms with van der Waals surface area (Å²) in [6, 6.07) is 13.9. The Labute approximate surface area is 163 Å². The van der Waals surface area contributed by atoms with E-state index in [2.05, 4.69) is 10.3 Å². The Morgan fingerprint density at radius 2 is 1.89 bits per heavy atom. The van der Waals surface area contributed by atoms with Gasteiger partial charge < -0.3 is 15.0 Å². The van der Waals surface area contributed by atoms with E-state index >= 15 is 0 Å². The van der Waals surface area contributed by atoms with Crippen molar-refractivity contribution in [3.63, 3.8) is 0 Å². The van der Waals surface area contributed by atoms with Crippen molar-refractivity contribution in [2.45, 2.75) is 20.8 Å². The summed E-state index contributed by atoms with van der Waals surface area (Å²) >= 11 is 0. The molecular weight excluding hydrogens is 352 g/mol. The third kappa shape index (κ3) is 3.94. The van der Waals surface area contributed by atoms with Gasteiger partial charge in [0.2, 0.25) is 0 Å². The third-order valence-electron chi connectivity index (χ3n) is 4.39. The summed E-state index contributed by atoms with van der Waals surface area (Å²) in [7, 11) is 0. The van der Waals surface area contributed by atoms with Gasteiger partial charge in [-0.2, -0.15) is 5.26 Å². The summed E-state index contributed by atoms with van der Waals surface area (Å²) in [4.78, 5) is 16.9. The monoisotopic (exact) mass is 372 g/mol. The van der Waals surface area contributed by atoms with Gasteiger partial charge in [-0.3, -0.25) is 4.79 Å². The topological polar surface area (TPSA) is 90.9 Å². The molecule has 1 amide bonds. The molecule has 0 saturated heterocycles. The maximum atomic E-state index is 12.5. The fourth-order valence-electron chi connectivity index (χ4n) is 2.93. The van der Waals surface area contributed by atoms with Gasteiger partial charge in [0, 0.05) is 23.3 Å². The molecule has 2 heterocycles. The summed E-state index contributed by atoms with van der Waals surface area (Å²) in [5.41, 5.74) is 4.18. The second-order valence-electron chi connectivity index (χ2n) is 6.53. The van der Waals surface area contributed by atoms with Crippen LogP contribution in [0.1, 0.15) is 22.5 Å². The molecular formula is C22H20N4O2. The van der Waals surface area contributed by atoms with Gasteiger partial charge in [0.1, 0.15) is 23.2 Å². The second-order valence-corrected chi connectivity index (χ2v) is 6.53. The number of nitrogens with one attached hydrogen (secondary N) is 1. The first kappa shape index (κ1) is 18.9. The van der Waals surface area contributed by atoms with E-state index in [1.807, 2.05) is 49.6 Å². The van der Waals surface area contributed by atoms with Crippen molar-refractivity contribution in [2.75, 3.05) is 5.32 Å². The van der Waals surface area contributed by atoms with E-state index < -0.39 is 5.91 Å². The van der Waals surface area contributed by atoms with Crippen LogP contribution in [0.3, 0.4) is 0 Å². The molecule has 6 heteroatoms. The minimum absolute atomic E-state index is 0.00908. The number of aromatic hydroxyl groups is 1. The number of phenolic OH excluding ortho intramolecular Hbond substituents is 1. The lowest BCUT2D eigenvalue weighted by Gasteiger charge is -2.08. The van der Waals surface area contributed by atoms with Crippen LogP contribution in [0.25, 0.3) is 11.9 Å². The van der Waals surface area contributed by atoms with Crippen molar-refractivity contribution in [1.82, 2.24) is 9.55 Å². The van der Waals surface area contributed by atoms with Crippen LogP contribution in [0.4, 0.5) is 5.69 Å². The van der Waals surface area contributed by atoms with Gasteiger partial charge in [-0.15, -0.1) is 0 Å². The van der Waals surface area contributed by atoms with Crippen LogP contribution in [0.5, 0.6) is 5.75 Å². The molecule has 0 aliphatic heterocycles.